The maximum Gasteiger partial charge on any atom is 0.410 e. The standard InChI is InChI=1S/C18H26N2O3/c19-16-10-17(11-16)22-12-15-6-8-20(9-7-15)18(21)23-13-14-4-2-1-3-5-14/h1-5,15-17H,6-13,19H2. The maximum atomic E-state index is 12.1. The van der Waals surface area contributed by atoms with Gasteiger partial charge in [0.05, 0.1) is 6.10 Å². The minimum Gasteiger partial charge on any atom is -0.445 e. The van der Waals surface area contributed by atoms with Gasteiger partial charge in [-0.1, -0.05) is 30.3 Å². The average molecular weight is 318 g/mol. The Bertz CT molecular complexity index is 494. The molecule has 1 aromatic carbocycles. The van der Waals surface area contributed by atoms with E-state index in [0.717, 1.165) is 50.9 Å². The molecule has 126 valence electrons. The number of ether oxygens (including phenoxy) is 2. The summed E-state index contributed by atoms with van der Waals surface area (Å²) in [6, 6.07) is 10.1. The fraction of sp³-hybridized carbons (Fsp3) is 0.611. The predicted molar refractivity (Wildman–Crippen MR) is 87.9 cm³/mol. The Labute approximate surface area is 137 Å². The molecule has 1 aliphatic heterocycles. The van der Waals surface area contributed by atoms with Gasteiger partial charge in [0.25, 0.3) is 0 Å². The van der Waals surface area contributed by atoms with Crippen molar-refractivity contribution in [3.8, 4) is 0 Å². The number of carbonyl (C=O) groups is 1. The van der Waals surface area contributed by atoms with E-state index < -0.39 is 0 Å². The number of nitrogens with two attached hydrogens (primary N) is 1. The Kier molecular flexibility index (Phi) is 5.51. The first-order valence-electron chi connectivity index (χ1n) is 8.53. The smallest absolute Gasteiger partial charge is 0.410 e. The summed E-state index contributed by atoms with van der Waals surface area (Å²) in [5.74, 6) is 0.546. The van der Waals surface area contributed by atoms with Gasteiger partial charge in [0, 0.05) is 25.7 Å². The first-order valence-corrected chi connectivity index (χ1v) is 8.53. The van der Waals surface area contributed by atoms with Gasteiger partial charge in [-0.15, -0.1) is 0 Å². The highest BCUT2D eigenvalue weighted by atomic mass is 16.6. The van der Waals surface area contributed by atoms with Crippen LogP contribution in [0.5, 0.6) is 0 Å². The Balaban J connectivity index is 1.32. The number of rotatable bonds is 5. The number of benzene rings is 1. The molecule has 0 bridgehead atoms. The van der Waals surface area contributed by atoms with E-state index >= 15 is 0 Å². The number of piperidine rings is 1. The van der Waals surface area contributed by atoms with Crippen LogP contribution in [-0.2, 0) is 16.1 Å². The molecule has 0 aromatic heterocycles. The zero-order chi connectivity index (χ0) is 16.1. The lowest BCUT2D eigenvalue weighted by molar-refractivity contribution is -0.0340. The Hall–Kier alpha value is -1.59. The molecule has 1 amide bonds. The van der Waals surface area contributed by atoms with Crippen molar-refractivity contribution in [1.82, 2.24) is 4.90 Å². The van der Waals surface area contributed by atoms with Crippen LogP contribution in [0.3, 0.4) is 0 Å². The molecule has 23 heavy (non-hydrogen) atoms. The van der Waals surface area contributed by atoms with Crippen LogP contribution in [0.2, 0.25) is 0 Å². The van der Waals surface area contributed by atoms with Crippen molar-refractivity contribution in [3.05, 3.63) is 35.9 Å². The third-order valence-corrected chi connectivity index (χ3v) is 4.78. The molecular formula is C18H26N2O3. The summed E-state index contributed by atoms with van der Waals surface area (Å²) in [6.07, 6.45) is 4.10. The monoisotopic (exact) mass is 318 g/mol. The van der Waals surface area contributed by atoms with Crippen LogP contribution in [-0.4, -0.2) is 42.8 Å². The van der Waals surface area contributed by atoms with Crippen LogP contribution in [0.15, 0.2) is 30.3 Å². The summed E-state index contributed by atoms with van der Waals surface area (Å²) in [6.45, 7) is 2.65. The van der Waals surface area contributed by atoms with Gasteiger partial charge < -0.3 is 20.1 Å². The van der Waals surface area contributed by atoms with Crippen LogP contribution < -0.4 is 5.73 Å². The zero-order valence-electron chi connectivity index (χ0n) is 13.5. The van der Waals surface area contributed by atoms with E-state index in [0.29, 0.717) is 24.7 Å². The molecule has 0 unspecified atom stereocenters. The molecule has 1 aromatic rings. The Morgan fingerprint density at radius 2 is 1.87 bits per heavy atom. The van der Waals surface area contributed by atoms with E-state index in [1.807, 2.05) is 30.3 Å². The largest absolute Gasteiger partial charge is 0.445 e. The van der Waals surface area contributed by atoms with Crippen molar-refractivity contribution < 1.29 is 14.3 Å². The molecule has 1 aliphatic carbocycles. The number of nitrogens with zero attached hydrogens (tertiary/aromatic N) is 1. The van der Waals surface area contributed by atoms with E-state index in [4.69, 9.17) is 15.2 Å². The van der Waals surface area contributed by atoms with Gasteiger partial charge in [-0.3, -0.25) is 0 Å². The fourth-order valence-corrected chi connectivity index (χ4v) is 3.11. The molecular weight excluding hydrogens is 292 g/mol. The van der Waals surface area contributed by atoms with Crippen molar-refractivity contribution >= 4 is 6.09 Å². The highest BCUT2D eigenvalue weighted by molar-refractivity contribution is 5.67. The summed E-state index contributed by atoms with van der Waals surface area (Å²) >= 11 is 0. The number of hydrogen-bond acceptors (Lipinski definition) is 4. The molecule has 0 atom stereocenters. The Morgan fingerprint density at radius 3 is 2.52 bits per heavy atom. The van der Waals surface area contributed by atoms with E-state index in [1.54, 1.807) is 4.90 Å². The third-order valence-electron chi connectivity index (χ3n) is 4.78. The highest BCUT2D eigenvalue weighted by Gasteiger charge is 2.29. The zero-order valence-corrected chi connectivity index (χ0v) is 13.5. The lowest BCUT2D eigenvalue weighted by Crippen LogP contribution is -2.43. The van der Waals surface area contributed by atoms with E-state index in [-0.39, 0.29) is 6.09 Å². The van der Waals surface area contributed by atoms with Gasteiger partial charge in [0.15, 0.2) is 0 Å². The topological polar surface area (TPSA) is 64.8 Å². The van der Waals surface area contributed by atoms with Gasteiger partial charge in [-0.25, -0.2) is 4.79 Å². The molecule has 1 saturated carbocycles. The van der Waals surface area contributed by atoms with Crippen molar-refractivity contribution in [2.45, 2.75) is 44.4 Å². The number of carbonyl (C=O) groups excluding carboxylic acids is 1. The minimum atomic E-state index is -0.210. The minimum absolute atomic E-state index is 0.210. The van der Waals surface area contributed by atoms with Gasteiger partial charge >= 0.3 is 6.09 Å². The molecule has 5 nitrogen and oxygen atoms in total. The average Bonchev–Trinajstić information content (AvgIpc) is 2.57. The predicted octanol–water partition coefficient (Wildman–Crippen LogP) is 2.54. The molecule has 3 rings (SSSR count). The summed E-state index contributed by atoms with van der Waals surface area (Å²) in [7, 11) is 0. The Morgan fingerprint density at radius 1 is 1.17 bits per heavy atom. The van der Waals surface area contributed by atoms with Crippen molar-refractivity contribution in [2.24, 2.45) is 11.7 Å². The first kappa shape index (κ1) is 16.3. The number of amides is 1. The number of hydrogen-bond donors (Lipinski definition) is 1. The SMILES string of the molecule is NC1CC(OCC2CCN(C(=O)OCc3ccccc3)CC2)C1. The number of likely N-dealkylation sites (tertiary alicyclic amines) is 1. The maximum absolute atomic E-state index is 12.1. The third kappa shape index (κ3) is 4.69. The van der Waals surface area contributed by atoms with E-state index in [9.17, 15) is 4.79 Å². The summed E-state index contributed by atoms with van der Waals surface area (Å²) in [5.41, 5.74) is 6.78. The van der Waals surface area contributed by atoms with Crippen LogP contribution in [0.1, 0.15) is 31.2 Å². The van der Waals surface area contributed by atoms with Crippen molar-refractivity contribution in [3.63, 3.8) is 0 Å². The summed E-state index contributed by atoms with van der Waals surface area (Å²) < 4.78 is 11.3. The van der Waals surface area contributed by atoms with Crippen LogP contribution in [0.4, 0.5) is 4.79 Å². The second-order valence-electron chi connectivity index (χ2n) is 6.66. The molecule has 0 spiro atoms. The second kappa shape index (κ2) is 7.79. The molecule has 0 radical (unpaired) electrons. The van der Waals surface area contributed by atoms with E-state index in [2.05, 4.69) is 0 Å². The quantitative estimate of drug-likeness (QED) is 0.906. The molecule has 1 heterocycles. The molecule has 5 heteroatoms. The molecule has 2 N–H and O–H groups in total. The second-order valence-corrected chi connectivity index (χ2v) is 6.66. The van der Waals surface area contributed by atoms with Gasteiger partial charge in [-0.2, -0.15) is 0 Å². The lowest BCUT2D eigenvalue weighted by Gasteiger charge is -2.35. The van der Waals surface area contributed by atoms with Crippen molar-refractivity contribution in [2.75, 3.05) is 19.7 Å². The molecule has 1 saturated heterocycles. The first-order chi connectivity index (χ1) is 11.2. The van der Waals surface area contributed by atoms with Gasteiger partial charge in [-0.05, 0) is 37.2 Å². The lowest BCUT2D eigenvalue weighted by atomic mass is 9.90. The summed E-state index contributed by atoms with van der Waals surface area (Å²) in [4.78, 5) is 13.9. The van der Waals surface area contributed by atoms with Gasteiger partial charge in [0.2, 0.25) is 0 Å². The molecule has 2 aliphatic rings. The fourth-order valence-electron chi connectivity index (χ4n) is 3.11. The molecule has 2 fully saturated rings. The van der Waals surface area contributed by atoms with Gasteiger partial charge in [0.1, 0.15) is 6.61 Å². The highest BCUT2D eigenvalue weighted by Crippen LogP contribution is 2.24. The van der Waals surface area contributed by atoms with Crippen LogP contribution in [0.25, 0.3) is 0 Å². The normalized spacial score (nSPS) is 25.0. The van der Waals surface area contributed by atoms with Crippen LogP contribution >= 0.6 is 0 Å². The van der Waals surface area contributed by atoms with Crippen LogP contribution in [0, 0.1) is 5.92 Å². The van der Waals surface area contributed by atoms with Crippen molar-refractivity contribution in [1.29, 1.82) is 0 Å². The summed E-state index contributed by atoms with van der Waals surface area (Å²) in [5, 5.41) is 0. The van der Waals surface area contributed by atoms with E-state index in [1.165, 1.54) is 0 Å².